The van der Waals surface area contributed by atoms with Gasteiger partial charge in [0.15, 0.2) is 0 Å². The highest BCUT2D eigenvalue weighted by Crippen LogP contribution is 2.38. The van der Waals surface area contributed by atoms with Gasteiger partial charge in [-0.3, -0.25) is 0 Å². The van der Waals surface area contributed by atoms with Gasteiger partial charge in [-0.2, -0.15) is 0 Å². The molecule has 0 amide bonds. The van der Waals surface area contributed by atoms with Crippen LogP contribution in [0.2, 0.25) is 0 Å². The summed E-state index contributed by atoms with van der Waals surface area (Å²) in [7, 11) is 0. The predicted octanol–water partition coefficient (Wildman–Crippen LogP) is 3.90. The molecule has 104 valence electrons. The fourth-order valence-electron chi connectivity index (χ4n) is 3.10. The first-order chi connectivity index (χ1) is 9.68. The van der Waals surface area contributed by atoms with Crippen molar-refractivity contribution in [3.05, 3.63) is 64.1 Å². The first-order valence-electron chi connectivity index (χ1n) is 7.03. The Hall–Kier alpha value is -1.32. The molecule has 2 nitrogen and oxygen atoms in total. The van der Waals surface area contributed by atoms with Crippen molar-refractivity contribution < 1.29 is 0 Å². The van der Waals surface area contributed by atoms with Gasteiger partial charge in [0.25, 0.3) is 0 Å². The number of anilines is 1. The zero-order chi connectivity index (χ0) is 14.1. The molecule has 2 aromatic carbocycles. The van der Waals surface area contributed by atoms with Crippen LogP contribution in [0.3, 0.4) is 0 Å². The topological polar surface area (TPSA) is 29.3 Å². The summed E-state index contributed by atoms with van der Waals surface area (Å²) in [6.45, 7) is 3.12. The fourth-order valence-corrected chi connectivity index (χ4v) is 3.62. The lowest BCUT2D eigenvalue weighted by atomic mass is 9.99. The third-order valence-electron chi connectivity index (χ3n) is 3.98. The van der Waals surface area contributed by atoms with E-state index in [1.165, 1.54) is 16.8 Å². The third kappa shape index (κ3) is 2.36. The van der Waals surface area contributed by atoms with Crippen molar-refractivity contribution in [3.8, 4) is 0 Å². The second-order valence-electron chi connectivity index (χ2n) is 5.40. The Morgan fingerprint density at radius 1 is 1.10 bits per heavy atom. The molecule has 1 heterocycles. The molecule has 0 aromatic heterocycles. The minimum absolute atomic E-state index is 0.0693. The standard InChI is InChI=1S/C17H19BrN2/c1-12(19)17(14-7-3-4-8-15(14)18)20-11-10-13-6-2-5-9-16(13)20/h2-9,12,17H,10-11,19H2,1H3. The van der Waals surface area contributed by atoms with Gasteiger partial charge in [0.05, 0.1) is 6.04 Å². The zero-order valence-electron chi connectivity index (χ0n) is 11.6. The number of nitrogens with two attached hydrogens (primary N) is 1. The van der Waals surface area contributed by atoms with Crippen LogP contribution in [0.15, 0.2) is 53.0 Å². The number of hydrogen-bond acceptors (Lipinski definition) is 2. The quantitative estimate of drug-likeness (QED) is 0.924. The normalized spacial score (nSPS) is 16.9. The van der Waals surface area contributed by atoms with Crippen LogP contribution in [-0.4, -0.2) is 12.6 Å². The summed E-state index contributed by atoms with van der Waals surface area (Å²) in [5, 5.41) is 0. The lowest BCUT2D eigenvalue weighted by Crippen LogP contribution is -2.39. The van der Waals surface area contributed by atoms with E-state index < -0.39 is 0 Å². The SMILES string of the molecule is CC(N)C(c1ccccc1Br)N1CCc2ccccc21. The molecule has 3 rings (SSSR count). The second kappa shape index (κ2) is 5.58. The maximum absolute atomic E-state index is 6.31. The van der Waals surface area contributed by atoms with Gasteiger partial charge in [0.2, 0.25) is 0 Å². The van der Waals surface area contributed by atoms with Gasteiger partial charge >= 0.3 is 0 Å². The molecule has 2 atom stereocenters. The molecule has 0 fully saturated rings. The highest BCUT2D eigenvalue weighted by molar-refractivity contribution is 9.10. The summed E-state index contributed by atoms with van der Waals surface area (Å²) in [5.74, 6) is 0. The number of para-hydroxylation sites is 1. The van der Waals surface area contributed by atoms with E-state index in [-0.39, 0.29) is 12.1 Å². The molecule has 20 heavy (non-hydrogen) atoms. The van der Waals surface area contributed by atoms with Crippen LogP contribution in [0.4, 0.5) is 5.69 Å². The van der Waals surface area contributed by atoms with Crippen LogP contribution in [0.1, 0.15) is 24.1 Å². The van der Waals surface area contributed by atoms with E-state index in [9.17, 15) is 0 Å². The van der Waals surface area contributed by atoms with E-state index in [1.54, 1.807) is 0 Å². The van der Waals surface area contributed by atoms with Crippen molar-refractivity contribution in [3.63, 3.8) is 0 Å². The third-order valence-corrected chi connectivity index (χ3v) is 4.70. The van der Waals surface area contributed by atoms with Crippen LogP contribution < -0.4 is 10.6 Å². The van der Waals surface area contributed by atoms with Crippen molar-refractivity contribution in [1.82, 2.24) is 0 Å². The number of fused-ring (bicyclic) bond motifs is 1. The van der Waals surface area contributed by atoms with Crippen molar-refractivity contribution in [2.45, 2.75) is 25.4 Å². The number of nitrogens with zero attached hydrogens (tertiary/aromatic N) is 1. The van der Waals surface area contributed by atoms with Crippen molar-refractivity contribution in [1.29, 1.82) is 0 Å². The van der Waals surface area contributed by atoms with Gasteiger partial charge in [-0.15, -0.1) is 0 Å². The maximum Gasteiger partial charge on any atom is 0.0701 e. The molecule has 0 aliphatic carbocycles. The molecule has 1 aliphatic heterocycles. The van der Waals surface area contributed by atoms with Crippen LogP contribution in [0.5, 0.6) is 0 Å². The van der Waals surface area contributed by atoms with Gasteiger partial charge in [-0.1, -0.05) is 52.3 Å². The summed E-state index contributed by atoms with van der Waals surface area (Å²) in [4.78, 5) is 2.44. The van der Waals surface area contributed by atoms with Crippen LogP contribution >= 0.6 is 15.9 Å². The minimum atomic E-state index is 0.0693. The van der Waals surface area contributed by atoms with Crippen molar-refractivity contribution in [2.75, 3.05) is 11.4 Å². The average molecular weight is 331 g/mol. The van der Waals surface area contributed by atoms with Crippen LogP contribution in [-0.2, 0) is 6.42 Å². The summed E-state index contributed by atoms with van der Waals surface area (Å²) in [5.41, 5.74) is 10.3. The molecule has 0 saturated heterocycles. The van der Waals surface area contributed by atoms with Gasteiger partial charge < -0.3 is 10.6 Å². The Morgan fingerprint density at radius 2 is 1.80 bits per heavy atom. The van der Waals surface area contributed by atoms with E-state index in [0.717, 1.165) is 17.4 Å². The van der Waals surface area contributed by atoms with Crippen LogP contribution in [0.25, 0.3) is 0 Å². The summed E-state index contributed by atoms with van der Waals surface area (Å²) < 4.78 is 1.13. The molecular weight excluding hydrogens is 312 g/mol. The largest absolute Gasteiger partial charge is 0.362 e. The highest BCUT2D eigenvalue weighted by Gasteiger charge is 2.30. The molecule has 0 radical (unpaired) electrons. The molecule has 2 aromatic rings. The first-order valence-corrected chi connectivity index (χ1v) is 7.82. The monoisotopic (exact) mass is 330 g/mol. The van der Waals surface area contributed by atoms with E-state index >= 15 is 0 Å². The molecule has 2 N–H and O–H groups in total. The lowest BCUT2D eigenvalue weighted by molar-refractivity contribution is 0.540. The zero-order valence-corrected chi connectivity index (χ0v) is 13.2. The van der Waals surface area contributed by atoms with E-state index in [4.69, 9.17) is 5.73 Å². The van der Waals surface area contributed by atoms with E-state index in [2.05, 4.69) is 70.2 Å². The summed E-state index contributed by atoms with van der Waals surface area (Å²) in [6, 6.07) is 17.3. The molecule has 1 aliphatic rings. The Balaban J connectivity index is 2.04. The number of halogens is 1. The summed E-state index contributed by atoms with van der Waals surface area (Å²) >= 11 is 3.67. The van der Waals surface area contributed by atoms with Crippen LogP contribution in [0, 0.1) is 0 Å². The number of benzene rings is 2. The first kappa shape index (κ1) is 13.7. The van der Waals surface area contributed by atoms with Crippen molar-refractivity contribution >= 4 is 21.6 Å². The maximum atomic E-state index is 6.31. The number of rotatable bonds is 3. The molecule has 0 spiro atoms. The molecule has 0 bridgehead atoms. The second-order valence-corrected chi connectivity index (χ2v) is 6.25. The summed E-state index contributed by atoms with van der Waals surface area (Å²) in [6.07, 6.45) is 1.10. The minimum Gasteiger partial charge on any atom is -0.362 e. The Kier molecular flexibility index (Phi) is 3.81. The lowest BCUT2D eigenvalue weighted by Gasteiger charge is -2.34. The fraction of sp³-hybridized carbons (Fsp3) is 0.294. The molecule has 2 unspecified atom stereocenters. The Labute approximate surface area is 128 Å². The van der Waals surface area contributed by atoms with Gasteiger partial charge in [0, 0.05) is 22.7 Å². The highest BCUT2D eigenvalue weighted by atomic mass is 79.9. The van der Waals surface area contributed by atoms with Gasteiger partial charge in [0.1, 0.15) is 0 Å². The Bertz CT molecular complexity index is 609. The number of hydrogen-bond donors (Lipinski definition) is 1. The van der Waals surface area contributed by atoms with Crippen molar-refractivity contribution in [2.24, 2.45) is 5.73 Å². The predicted molar refractivity (Wildman–Crippen MR) is 88.0 cm³/mol. The average Bonchev–Trinajstić information content (AvgIpc) is 2.85. The van der Waals surface area contributed by atoms with E-state index in [1.807, 2.05) is 6.07 Å². The van der Waals surface area contributed by atoms with Gasteiger partial charge in [-0.25, -0.2) is 0 Å². The Morgan fingerprint density at radius 3 is 2.55 bits per heavy atom. The smallest absolute Gasteiger partial charge is 0.0701 e. The molecular formula is C17H19BrN2. The molecule has 3 heteroatoms. The molecule has 0 saturated carbocycles. The van der Waals surface area contributed by atoms with Gasteiger partial charge in [-0.05, 0) is 36.6 Å². The van der Waals surface area contributed by atoms with E-state index in [0.29, 0.717) is 0 Å².